The largest absolute Gasteiger partial charge is 0.356 e. The SMILES string of the molecule is NCCC(C1CCC1)C1CCNC(=O)C1. The van der Waals surface area contributed by atoms with E-state index in [1.165, 1.54) is 19.3 Å². The zero-order valence-electron chi connectivity index (χ0n) is 9.37. The van der Waals surface area contributed by atoms with Crippen molar-refractivity contribution in [3.63, 3.8) is 0 Å². The number of rotatable bonds is 4. The molecule has 1 aliphatic carbocycles. The van der Waals surface area contributed by atoms with Crippen molar-refractivity contribution in [2.75, 3.05) is 13.1 Å². The Balaban J connectivity index is 1.92. The number of amides is 1. The molecule has 15 heavy (non-hydrogen) atoms. The molecule has 0 aromatic rings. The molecular weight excluding hydrogens is 188 g/mol. The van der Waals surface area contributed by atoms with Crippen molar-refractivity contribution in [1.82, 2.24) is 5.32 Å². The normalized spacial score (nSPS) is 29.4. The third kappa shape index (κ3) is 2.51. The zero-order valence-corrected chi connectivity index (χ0v) is 9.37. The van der Waals surface area contributed by atoms with Crippen LogP contribution in [0.5, 0.6) is 0 Å². The van der Waals surface area contributed by atoms with Crippen LogP contribution in [0.4, 0.5) is 0 Å². The second-order valence-corrected chi connectivity index (χ2v) is 5.04. The number of carbonyl (C=O) groups excluding carboxylic acids is 1. The monoisotopic (exact) mass is 210 g/mol. The Kier molecular flexibility index (Phi) is 3.62. The fourth-order valence-electron chi connectivity index (χ4n) is 3.09. The molecule has 3 heteroatoms. The molecule has 3 N–H and O–H groups in total. The van der Waals surface area contributed by atoms with Crippen LogP contribution in [0.1, 0.15) is 38.5 Å². The third-order valence-electron chi connectivity index (χ3n) is 4.15. The molecule has 2 fully saturated rings. The lowest BCUT2D eigenvalue weighted by Gasteiger charge is -2.40. The molecule has 2 unspecified atom stereocenters. The number of piperidine rings is 1. The van der Waals surface area contributed by atoms with E-state index in [1.807, 2.05) is 0 Å². The topological polar surface area (TPSA) is 55.1 Å². The molecule has 1 aliphatic heterocycles. The molecule has 0 aromatic heterocycles. The zero-order chi connectivity index (χ0) is 10.7. The Morgan fingerprint density at radius 2 is 2.13 bits per heavy atom. The van der Waals surface area contributed by atoms with E-state index in [0.29, 0.717) is 5.92 Å². The van der Waals surface area contributed by atoms with E-state index in [-0.39, 0.29) is 5.91 Å². The fourth-order valence-corrected chi connectivity index (χ4v) is 3.09. The highest BCUT2D eigenvalue weighted by molar-refractivity contribution is 5.76. The third-order valence-corrected chi connectivity index (χ3v) is 4.15. The summed E-state index contributed by atoms with van der Waals surface area (Å²) in [6, 6.07) is 0. The Labute approximate surface area is 91.8 Å². The predicted octanol–water partition coefficient (Wildman–Crippen LogP) is 1.28. The van der Waals surface area contributed by atoms with Gasteiger partial charge in [-0.05, 0) is 37.1 Å². The molecule has 0 bridgehead atoms. The van der Waals surface area contributed by atoms with E-state index in [2.05, 4.69) is 5.32 Å². The molecule has 0 spiro atoms. The van der Waals surface area contributed by atoms with Crippen LogP contribution >= 0.6 is 0 Å². The summed E-state index contributed by atoms with van der Waals surface area (Å²) < 4.78 is 0. The molecule has 2 atom stereocenters. The van der Waals surface area contributed by atoms with Crippen molar-refractivity contribution in [2.24, 2.45) is 23.5 Å². The van der Waals surface area contributed by atoms with Crippen LogP contribution in [0, 0.1) is 17.8 Å². The molecule has 1 amide bonds. The summed E-state index contributed by atoms with van der Waals surface area (Å²) in [6.07, 6.45) is 7.12. The van der Waals surface area contributed by atoms with Gasteiger partial charge < -0.3 is 11.1 Å². The summed E-state index contributed by atoms with van der Waals surface area (Å²) in [5.74, 6) is 2.43. The Hall–Kier alpha value is -0.570. The van der Waals surface area contributed by atoms with Crippen molar-refractivity contribution in [2.45, 2.75) is 38.5 Å². The Morgan fingerprint density at radius 1 is 1.33 bits per heavy atom. The van der Waals surface area contributed by atoms with E-state index in [9.17, 15) is 4.79 Å². The van der Waals surface area contributed by atoms with E-state index in [0.717, 1.165) is 44.2 Å². The van der Waals surface area contributed by atoms with Crippen molar-refractivity contribution >= 4 is 5.91 Å². The van der Waals surface area contributed by atoms with Gasteiger partial charge >= 0.3 is 0 Å². The Bertz CT molecular complexity index is 226. The average Bonchev–Trinajstić information content (AvgIpc) is 2.14. The average molecular weight is 210 g/mol. The molecular formula is C12H22N2O. The van der Waals surface area contributed by atoms with Crippen molar-refractivity contribution < 1.29 is 4.79 Å². The van der Waals surface area contributed by atoms with Gasteiger partial charge in [-0.3, -0.25) is 4.79 Å². The second kappa shape index (κ2) is 4.97. The van der Waals surface area contributed by atoms with Gasteiger partial charge in [0.05, 0.1) is 0 Å². The van der Waals surface area contributed by atoms with Crippen LogP contribution in [0.3, 0.4) is 0 Å². The number of nitrogens with two attached hydrogens (primary N) is 1. The summed E-state index contributed by atoms with van der Waals surface area (Å²) in [7, 11) is 0. The molecule has 3 nitrogen and oxygen atoms in total. The lowest BCUT2D eigenvalue weighted by Crippen LogP contribution is -2.40. The quantitative estimate of drug-likeness (QED) is 0.734. The minimum absolute atomic E-state index is 0.243. The van der Waals surface area contributed by atoms with Crippen molar-refractivity contribution in [1.29, 1.82) is 0 Å². The van der Waals surface area contributed by atoms with Crippen LogP contribution in [-0.4, -0.2) is 19.0 Å². The summed E-state index contributed by atoms with van der Waals surface area (Å²) in [4.78, 5) is 11.4. The van der Waals surface area contributed by atoms with E-state index >= 15 is 0 Å². The highest BCUT2D eigenvalue weighted by Crippen LogP contribution is 2.41. The minimum Gasteiger partial charge on any atom is -0.356 e. The molecule has 1 saturated carbocycles. The molecule has 86 valence electrons. The molecule has 2 rings (SSSR count). The first kappa shape index (κ1) is 10.9. The van der Waals surface area contributed by atoms with Crippen LogP contribution in [-0.2, 0) is 4.79 Å². The summed E-state index contributed by atoms with van der Waals surface area (Å²) >= 11 is 0. The number of carbonyl (C=O) groups is 1. The summed E-state index contributed by atoms with van der Waals surface area (Å²) in [5.41, 5.74) is 5.69. The first-order valence-electron chi connectivity index (χ1n) is 6.28. The smallest absolute Gasteiger partial charge is 0.220 e. The number of hydrogen-bond donors (Lipinski definition) is 2. The predicted molar refractivity (Wildman–Crippen MR) is 60.2 cm³/mol. The fraction of sp³-hybridized carbons (Fsp3) is 0.917. The van der Waals surface area contributed by atoms with E-state index in [1.54, 1.807) is 0 Å². The minimum atomic E-state index is 0.243. The second-order valence-electron chi connectivity index (χ2n) is 5.04. The first-order chi connectivity index (χ1) is 7.31. The molecule has 2 aliphatic rings. The van der Waals surface area contributed by atoms with Gasteiger partial charge in [-0.2, -0.15) is 0 Å². The highest BCUT2D eigenvalue weighted by atomic mass is 16.1. The molecule has 1 heterocycles. The maximum absolute atomic E-state index is 11.4. The van der Waals surface area contributed by atoms with Gasteiger partial charge in [-0.25, -0.2) is 0 Å². The van der Waals surface area contributed by atoms with Gasteiger partial charge in [-0.1, -0.05) is 19.3 Å². The van der Waals surface area contributed by atoms with Gasteiger partial charge in [0.2, 0.25) is 5.91 Å². The summed E-state index contributed by atoms with van der Waals surface area (Å²) in [6.45, 7) is 1.65. The molecule has 0 radical (unpaired) electrons. The van der Waals surface area contributed by atoms with Gasteiger partial charge in [0.25, 0.3) is 0 Å². The first-order valence-corrected chi connectivity index (χ1v) is 6.28. The Morgan fingerprint density at radius 3 is 2.67 bits per heavy atom. The van der Waals surface area contributed by atoms with Crippen molar-refractivity contribution in [3.8, 4) is 0 Å². The van der Waals surface area contributed by atoms with Gasteiger partial charge in [0, 0.05) is 13.0 Å². The van der Waals surface area contributed by atoms with E-state index < -0.39 is 0 Å². The standard InChI is InChI=1S/C12H22N2O/c13-6-4-11(9-2-1-3-9)10-5-7-14-12(15)8-10/h9-11H,1-8,13H2,(H,14,15). The van der Waals surface area contributed by atoms with Crippen LogP contribution in [0.15, 0.2) is 0 Å². The maximum atomic E-state index is 11.4. The van der Waals surface area contributed by atoms with Gasteiger partial charge in [0.15, 0.2) is 0 Å². The molecule has 1 saturated heterocycles. The number of hydrogen-bond acceptors (Lipinski definition) is 2. The molecule has 0 aromatic carbocycles. The summed E-state index contributed by atoms with van der Waals surface area (Å²) in [5, 5.41) is 2.91. The lowest BCUT2D eigenvalue weighted by molar-refractivity contribution is -0.124. The van der Waals surface area contributed by atoms with Crippen LogP contribution < -0.4 is 11.1 Å². The number of nitrogens with one attached hydrogen (secondary N) is 1. The maximum Gasteiger partial charge on any atom is 0.220 e. The van der Waals surface area contributed by atoms with Crippen LogP contribution in [0.25, 0.3) is 0 Å². The highest BCUT2D eigenvalue weighted by Gasteiger charge is 2.34. The lowest BCUT2D eigenvalue weighted by atomic mass is 9.67. The van der Waals surface area contributed by atoms with Crippen molar-refractivity contribution in [3.05, 3.63) is 0 Å². The van der Waals surface area contributed by atoms with Gasteiger partial charge in [-0.15, -0.1) is 0 Å². The van der Waals surface area contributed by atoms with Gasteiger partial charge in [0.1, 0.15) is 0 Å². The van der Waals surface area contributed by atoms with Crippen LogP contribution in [0.2, 0.25) is 0 Å². The van der Waals surface area contributed by atoms with E-state index in [4.69, 9.17) is 5.73 Å².